The summed E-state index contributed by atoms with van der Waals surface area (Å²) in [5.41, 5.74) is 1.25. The normalized spacial score (nSPS) is 15.5. The number of carbonyl (C=O) groups excluding carboxylic acids is 2. The molecule has 2 rings (SSSR count). The quantitative estimate of drug-likeness (QED) is 0.647. The first kappa shape index (κ1) is 16.9. The lowest BCUT2D eigenvalue weighted by atomic mass is 10.2. The Morgan fingerprint density at radius 3 is 2.77 bits per heavy atom. The van der Waals surface area contributed by atoms with Gasteiger partial charge in [0.05, 0.1) is 6.54 Å². The van der Waals surface area contributed by atoms with Gasteiger partial charge in [0, 0.05) is 30.2 Å². The van der Waals surface area contributed by atoms with Crippen LogP contribution in [0.1, 0.15) is 31.2 Å². The molecule has 5 heteroatoms. The molecular weight excluding hydrogens is 296 g/mol. The molecule has 1 heterocycles. The van der Waals surface area contributed by atoms with Gasteiger partial charge in [0.1, 0.15) is 0 Å². The van der Waals surface area contributed by atoms with Gasteiger partial charge in [0.15, 0.2) is 0 Å². The fourth-order valence-corrected chi connectivity index (χ4v) is 3.20. The Kier molecular flexibility index (Phi) is 6.77. The number of hydrogen-bond donors (Lipinski definition) is 1. The summed E-state index contributed by atoms with van der Waals surface area (Å²) < 4.78 is 0. The van der Waals surface area contributed by atoms with Crippen molar-refractivity contribution in [2.45, 2.75) is 37.5 Å². The second kappa shape index (κ2) is 8.83. The predicted octanol–water partition coefficient (Wildman–Crippen LogP) is 2.61. The number of amides is 2. The fourth-order valence-electron chi connectivity index (χ4n) is 2.43. The Morgan fingerprint density at radius 2 is 2.00 bits per heavy atom. The number of nitrogens with zero attached hydrogens (tertiary/aromatic N) is 1. The summed E-state index contributed by atoms with van der Waals surface area (Å²) in [7, 11) is 0. The zero-order valence-electron chi connectivity index (χ0n) is 13.1. The van der Waals surface area contributed by atoms with Gasteiger partial charge >= 0.3 is 0 Å². The molecule has 0 bridgehead atoms. The summed E-state index contributed by atoms with van der Waals surface area (Å²) in [6, 6.07) is 8.37. The Hall–Kier alpha value is -1.49. The summed E-state index contributed by atoms with van der Waals surface area (Å²) in [6.07, 6.45) is 3.61. The Bertz CT molecular complexity index is 502. The zero-order valence-corrected chi connectivity index (χ0v) is 14.0. The second-order valence-corrected chi connectivity index (χ2v) is 6.81. The van der Waals surface area contributed by atoms with E-state index in [1.54, 1.807) is 16.7 Å². The molecule has 4 nitrogen and oxygen atoms in total. The first-order valence-electron chi connectivity index (χ1n) is 7.89. The number of carbonyl (C=O) groups is 2. The van der Waals surface area contributed by atoms with Crippen molar-refractivity contribution in [2.75, 3.05) is 25.4 Å². The number of rotatable bonds is 6. The third-order valence-electron chi connectivity index (χ3n) is 3.72. The fraction of sp³-hybridized carbons (Fsp3) is 0.529. The van der Waals surface area contributed by atoms with Gasteiger partial charge < -0.3 is 10.2 Å². The highest BCUT2D eigenvalue weighted by molar-refractivity contribution is 7.99. The molecule has 0 spiro atoms. The highest BCUT2D eigenvalue weighted by Gasteiger charge is 2.18. The molecular formula is C17H24N2O2S. The lowest BCUT2D eigenvalue weighted by molar-refractivity contribution is -0.135. The molecule has 0 aliphatic carbocycles. The SMILES string of the molecule is Cc1ccc(SCCNC(=O)CN2CCCCCC2=O)cc1. The van der Waals surface area contributed by atoms with Crippen molar-refractivity contribution in [1.29, 1.82) is 0 Å². The summed E-state index contributed by atoms with van der Waals surface area (Å²) in [5.74, 6) is 0.893. The maximum absolute atomic E-state index is 11.9. The van der Waals surface area contributed by atoms with Crippen molar-refractivity contribution >= 4 is 23.6 Å². The lowest BCUT2D eigenvalue weighted by Gasteiger charge is -2.19. The summed E-state index contributed by atoms with van der Waals surface area (Å²) in [6.45, 7) is 3.61. The van der Waals surface area contributed by atoms with Crippen LogP contribution in [0.4, 0.5) is 0 Å². The van der Waals surface area contributed by atoms with Crippen LogP contribution in [0.5, 0.6) is 0 Å². The van der Waals surface area contributed by atoms with Crippen LogP contribution in [0.15, 0.2) is 29.2 Å². The Morgan fingerprint density at radius 1 is 1.23 bits per heavy atom. The maximum atomic E-state index is 11.9. The van der Waals surface area contributed by atoms with E-state index < -0.39 is 0 Å². The number of thioether (sulfide) groups is 1. The van der Waals surface area contributed by atoms with E-state index in [1.807, 2.05) is 0 Å². The minimum atomic E-state index is -0.0558. The second-order valence-electron chi connectivity index (χ2n) is 5.64. The number of likely N-dealkylation sites (tertiary alicyclic amines) is 1. The molecule has 0 saturated carbocycles. The number of nitrogens with one attached hydrogen (secondary N) is 1. The van der Waals surface area contributed by atoms with Crippen molar-refractivity contribution in [3.05, 3.63) is 29.8 Å². The summed E-state index contributed by atoms with van der Waals surface area (Å²) in [4.78, 5) is 26.6. The summed E-state index contributed by atoms with van der Waals surface area (Å²) >= 11 is 1.73. The van der Waals surface area contributed by atoms with Crippen molar-refractivity contribution in [1.82, 2.24) is 10.2 Å². The van der Waals surface area contributed by atoms with Crippen molar-refractivity contribution in [3.8, 4) is 0 Å². The zero-order chi connectivity index (χ0) is 15.8. The van der Waals surface area contributed by atoms with E-state index in [-0.39, 0.29) is 18.4 Å². The van der Waals surface area contributed by atoms with Crippen LogP contribution in [-0.2, 0) is 9.59 Å². The van der Waals surface area contributed by atoms with Gasteiger partial charge in [-0.25, -0.2) is 0 Å². The average molecular weight is 320 g/mol. The summed E-state index contributed by atoms with van der Waals surface area (Å²) in [5, 5.41) is 2.90. The monoisotopic (exact) mass is 320 g/mol. The van der Waals surface area contributed by atoms with Crippen molar-refractivity contribution in [2.24, 2.45) is 0 Å². The average Bonchev–Trinajstić information content (AvgIpc) is 2.71. The molecule has 2 amide bonds. The molecule has 1 aliphatic heterocycles. The van der Waals surface area contributed by atoms with Gasteiger partial charge in [-0.2, -0.15) is 0 Å². The molecule has 120 valence electrons. The molecule has 1 saturated heterocycles. The number of benzene rings is 1. The molecule has 1 aromatic carbocycles. The molecule has 0 unspecified atom stereocenters. The first-order valence-corrected chi connectivity index (χ1v) is 8.87. The first-order chi connectivity index (χ1) is 10.6. The third-order valence-corrected chi connectivity index (χ3v) is 4.73. The van der Waals surface area contributed by atoms with E-state index in [0.29, 0.717) is 19.5 Å². The lowest BCUT2D eigenvalue weighted by Crippen LogP contribution is -2.41. The standard InChI is InChI=1S/C17H24N2O2S/c1-14-6-8-15(9-7-14)22-12-10-18-16(20)13-19-11-4-2-3-5-17(19)21/h6-9H,2-5,10-13H2,1H3,(H,18,20). The van der Waals surface area contributed by atoms with Crippen LogP contribution < -0.4 is 5.32 Å². The van der Waals surface area contributed by atoms with E-state index in [4.69, 9.17) is 0 Å². The van der Waals surface area contributed by atoms with Gasteiger partial charge in [-0.3, -0.25) is 9.59 Å². The minimum absolute atomic E-state index is 0.0558. The molecule has 1 aromatic rings. The highest BCUT2D eigenvalue weighted by Crippen LogP contribution is 2.17. The van der Waals surface area contributed by atoms with Crippen molar-refractivity contribution < 1.29 is 9.59 Å². The minimum Gasteiger partial charge on any atom is -0.354 e. The largest absolute Gasteiger partial charge is 0.354 e. The molecule has 1 N–H and O–H groups in total. The van der Waals surface area contributed by atoms with E-state index in [1.165, 1.54) is 10.5 Å². The molecule has 0 atom stereocenters. The predicted molar refractivity (Wildman–Crippen MR) is 90.0 cm³/mol. The molecule has 0 radical (unpaired) electrons. The van der Waals surface area contributed by atoms with Crippen molar-refractivity contribution in [3.63, 3.8) is 0 Å². The van der Waals surface area contributed by atoms with Crippen LogP contribution >= 0.6 is 11.8 Å². The Labute approximate surface area is 136 Å². The highest BCUT2D eigenvalue weighted by atomic mass is 32.2. The van der Waals surface area contributed by atoms with Crippen LogP contribution in [0.25, 0.3) is 0 Å². The Balaban J connectivity index is 1.64. The number of hydrogen-bond acceptors (Lipinski definition) is 3. The third kappa shape index (κ3) is 5.72. The smallest absolute Gasteiger partial charge is 0.239 e. The van der Waals surface area contributed by atoms with Gasteiger partial charge in [0.2, 0.25) is 11.8 Å². The van der Waals surface area contributed by atoms with E-state index in [0.717, 1.165) is 25.0 Å². The van der Waals surface area contributed by atoms with E-state index in [9.17, 15) is 9.59 Å². The van der Waals surface area contributed by atoms with Gasteiger partial charge in [0.25, 0.3) is 0 Å². The van der Waals surface area contributed by atoms with Gasteiger partial charge in [-0.15, -0.1) is 11.8 Å². The van der Waals surface area contributed by atoms with Crippen LogP contribution in [0.3, 0.4) is 0 Å². The van der Waals surface area contributed by atoms with E-state index >= 15 is 0 Å². The molecule has 1 aliphatic rings. The van der Waals surface area contributed by atoms with Gasteiger partial charge in [-0.1, -0.05) is 24.1 Å². The molecule has 22 heavy (non-hydrogen) atoms. The van der Waals surface area contributed by atoms with Crippen LogP contribution in [0, 0.1) is 6.92 Å². The topological polar surface area (TPSA) is 49.4 Å². The van der Waals surface area contributed by atoms with Crippen LogP contribution in [-0.4, -0.2) is 42.1 Å². The maximum Gasteiger partial charge on any atom is 0.239 e. The molecule has 0 aromatic heterocycles. The number of aryl methyl sites for hydroxylation is 1. The van der Waals surface area contributed by atoms with Crippen LogP contribution in [0.2, 0.25) is 0 Å². The van der Waals surface area contributed by atoms with Gasteiger partial charge in [-0.05, 0) is 31.9 Å². The molecule has 1 fully saturated rings. The van der Waals surface area contributed by atoms with E-state index in [2.05, 4.69) is 36.5 Å².